The lowest BCUT2D eigenvalue weighted by Crippen LogP contribution is -1.87. The summed E-state index contributed by atoms with van der Waals surface area (Å²) in [5, 5.41) is 0. The molecule has 0 unspecified atom stereocenters. The minimum absolute atomic E-state index is 0.329. The van der Waals surface area contributed by atoms with E-state index in [0.29, 0.717) is 0 Å². The Bertz CT molecular complexity index is 462. The number of esters is 1. The van der Waals surface area contributed by atoms with Gasteiger partial charge in [0.1, 0.15) is 0 Å². The highest BCUT2D eigenvalue weighted by atomic mass is 16.5. The van der Waals surface area contributed by atoms with Gasteiger partial charge in [-0.3, -0.25) is 4.79 Å². The number of allylic oxidation sites excluding steroid dienone is 1. The molecule has 0 heterocycles. The lowest BCUT2D eigenvalue weighted by molar-refractivity contribution is -0.135. The number of benzene rings is 1. The number of rotatable bonds is 13. The molecule has 0 saturated heterocycles. The number of carbonyl (C=O) groups excluding carboxylic acids is 1. The van der Waals surface area contributed by atoms with Crippen molar-refractivity contribution < 1.29 is 9.53 Å². The van der Waals surface area contributed by atoms with Crippen LogP contribution in [0.3, 0.4) is 0 Å². The van der Waals surface area contributed by atoms with E-state index in [1.807, 2.05) is 0 Å². The summed E-state index contributed by atoms with van der Waals surface area (Å²) in [5.74, 6) is -0.329. The van der Waals surface area contributed by atoms with Crippen LogP contribution in [0.1, 0.15) is 90.0 Å². The third kappa shape index (κ3) is 18.5. The minimum Gasteiger partial charge on any atom is -0.435 e. The molecule has 26 heavy (non-hydrogen) atoms. The van der Waals surface area contributed by atoms with Crippen LogP contribution in [0, 0.1) is 0 Å². The van der Waals surface area contributed by atoms with Crippen LogP contribution in [0.25, 0.3) is 6.08 Å². The Hall–Kier alpha value is -1.83. The molecule has 0 radical (unpaired) electrons. The standard InChI is InChI=1S/C20H32.C4H6O2/c1-2-3-4-5-6-7-8-9-10-11-12-14-17-20-18-15-13-16-19-20;1-3-6-4(2)5/h13-19H,2-12H2,1H3;3H,1H2,2H3. The van der Waals surface area contributed by atoms with Gasteiger partial charge in [-0.1, -0.05) is 114 Å². The summed E-state index contributed by atoms with van der Waals surface area (Å²) < 4.78 is 4.17. The zero-order chi connectivity index (χ0) is 19.3. The first kappa shape index (κ1) is 24.2. The number of hydrogen-bond donors (Lipinski definition) is 0. The smallest absolute Gasteiger partial charge is 0.307 e. The minimum atomic E-state index is -0.329. The molecular formula is C24H38O2. The fraction of sp³-hybridized carbons (Fsp3) is 0.542. The average Bonchev–Trinajstić information content (AvgIpc) is 2.64. The highest BCUT2D eigenvalue weighted by Gasteiger charge is 1.92. The lowest BCUT2D eigenvalue weighted by Gasteiger charge is -2.01. The first-order valence-corrected chi connectivity index (χ1v) is 10.2. The van der Waals surface area contributed by atoms with Gasteiger partial charge in [0.15, 0.2) is 0 Å². The summed E-state index contributed by atoms with van der Waals surface area (Å²) in [4.78, 5) is 9.75. The van der Waals surface area contributed by atoms with Crippen LogP contribution < -0.4 is 0 Å². The zero-order valence-corrected chi connectivity index (χ0v) is 16.9. The predicted molar refractivity (Wildman–Crippen MR) is 114 cm³/mol. The quantitative estimate of drug-likeness (QED) is 0.205. The maximum atomic E-state index is 9.75. The fourth-order valence-electron chi connectivity index (χ4n) is 2.65. The van der Waals surface area contributed by atoms with Gasteiger partial charge in [0.25, 0.3) is 0 Å². The largest absolute Gasteiger partial charge is 0.435 e. The maximum Gasteiger partial charge on any atom is 0.307 e. The van der Waals surface area contributed by atoms with Crippen molar-refractivity contribution in [3.05, 3.63) is 54.8 Å². The van der Waals surface area contributed by atoms with Crippen molar-refractivity contribution >= 4 is 12.0 Å². The van der Waals surface area contributed by atoms with Gasteiger partial charge in [-0.05, 0) is 18.4 Å². The topological polar surface area (TPSA) is 26.3 Å². The highest BCUT2D eigenvalue weighted by molar-refractivity contribution is 5.66. The molecule has 1 aromatic rings. The molecule has 0 fully saturated rings. The number of hydrogen-bond acceptors (Lipinski definition) is 2. The molecule has 0 N–H and O–H groups in total. The van der Waals surface area contributed by atoms with Gasteiger partial charge in [0.05, 0.1) is 6.26 Å². The van der Waals surface area contributed by atoms with Crippen molar-refractivity contribution in [1.82, 2.24) is 0 Å². The van der Waals surface area contributed by atoms with Crippen molar-refractivity contribution in [3.8, 4) is 0 Å². The second-order valence-electron chi connectivity index (χ2n) is 6.56. The molecule has 0 aliphatic rings. The Morgan fingerprint density at radius 2 is 1.46 bits per heavy atom. The molecule has 0 atom stereocenters. The van der Waals surface area contributed by atoms with Crippen LogP contribution in [-0.4, -0.2) is 5.97 Å². The summed E-state index contributed by atoms with van der Waals surface area (Å²) in [5.41, 5.74) is 1.32. The fourth-order valence-corrected chi connectivity index (χ4v) is 2.65. The Balaban J connectivity index is 0.000000896. The molecule has 0 aliphatic heterocycles. The van der Waals surface area contributed by atoms with Gasteiger partial charge in [-0.25, -0.2) is 0 Å². The number of ether oxygens (including phenoxy) is 1. The van der Waals surface area contributed by atoms with Crippen molar-refractivity contribution in [2.75, 3.05) is 0 Å². The summed E-state index contributed by atoms with van der Waals surface area (Å²) >= 11 is 0. The molecule has 2 heteroatoms. The van der Waals surface area contributed by atoms with Crippen LogP contribution >= 0.6 is 0 Å². The summed E-state index contributed by atoms with van der Waals surface area (Å²) in [6.07, 6.45) is 21.1. The monoisotopic (exact) mass is 358 g/mol. The van der Waals surface area contributed by atoms with Crippen LogP contribution in [0.4, 0.5) is 0 Å². The first-order chi connectivity index (χ1) is 12.7. The van der Waals surface area contributed by atoms with Crippen LogP contribution in [0.5, 0.6) is 0 Å². The molecule has 0 aromatic heterocycles. The van der Waals surface area contributed by atoms with Gasteiger partial charge >= 0.3 is 5.97 Å². The lowest BCUT2D eigenvalue weighted by atomic mass is 10.1. The van der Waals surface area contributed by atoms with E-state index in [4.69, 9.17) is 0 Å². The summed E-state index contributed by atoms with van der Waals surface area (Å²) in [6.45, 7) is 6.76. The Morgan fingerprint density at radius 1 is 0.923 bits per heavy atom. The van der Waals surface area contributed by atoms with E-state index < -0.39 is 0 Å². The van der Waals surface area contributed by atoms with E-state index in [-0.39, 0.29) is 5.97 Å². The van der Waals surface area contributed by atoms with E-state index in [1.165, 1.54) is 83.1 Å². The van der Waals surface area contributed by atoms with Crippen molar-refractivity contribution in [2.45, 2.75) is 84.5 Å². The molecular weight excluding hydrogens is 320 g/mol. The van der Waals surface area contributed by atoms with E-state index in [0.717, 1.165) is 6.26 Å². The number of carbonyl (C=O) groups is 1. The van der Waals surface area contributed by atoms with Crippen molar-refractivity contribution in [1.29, 1.82) is 0 Å². The second kappa shape index (κ2) is 19.5. The molecule has 1 aromatic carbocycles. The van der Waals surface area contributed by atoms with Crippen molar-refractivity contribution in [2.24, 2.45) is 0 Å². The van der Waals surface area contributed by atoms with Crippen LogP contribution in [0.2, 0.25) is 0 Å². The molecule has 1 rings (SSSR count). The molecule has 0 bridgehead atoms. The second-order valence-corrected chi connectivity index (χ2v) is 6.56. The van der Waals surface area contributed by atoms with E-state index in [2.05, 4.69) is 60.7 Å². The van der Waals surface area contributed by atoms with Crippen LogP contribution in [-0.2, 0) is 9.53 Å². The third-order valence-electron chi connectivity index (χ3n) is 4.08. The molecule has 2 nitrogen and oxygen atoms in total. The van der Waals surface area contributed by atoms with E-state index in [1.54, 1.807) is 0 Å². The normalized spacial score (nSPS) is 10.2. The predicted octanol–water partition coefficient (Wildman–Crippen LogP) is 7.70. The Labute approximate surface area is 161 Å². The third-order valence-corrected chi connectivity index (χ3v) is 4.08. The maximum absolute atomic E-state index is 9.75. The molecule has 146 valence electrons. The zero-order valence-electron chi connectivity index (χ0n) is 16.9. The average molecular weight is 359 g/mol. The molecule has 0 amide bonds. The first-order valence-electron chi connectivity index (χ1n) is 10.2. The highest BCUT2D eigenvalue weighted by Crippen LogP contribution is 2.12. The van der Waals surface area contributed by atoms with E-state index in [9.17, 15) is 4.79 Å². The van der Waals surface area contributed by atoms with Gasteiger partial charge < -0.3 is 4.74 Å². The number of unbranched alkanes of at least 4 members (excludes halogenated alkanes) is 10. The molecule has 0 aliphatic carbocycles. The summed E-state index contributed by atoms with van der Waals surface area (Å²) in [6, 6.07) is 10.6. The molecule has 0 saturated carbocycles. The Kier molecular flexibility index (Phi) is 18.1. The van der Waals surface area contributed by atoms with Gasteiger partial charge in [-0.15, -0.1) is 0 Å². The summed E-state index contributed by atoms with van der Waals surface area (Å²) in [7, 11) is 0. The van der Waals surface area contributed by atoms with Crippen molar-refractivity contribution in [3.63, 3.8) is 0 Å². The SMILES string of the molecule is C=COC(C)=O.CCCCCCCCCCCCC=Cc1ccccc1. The van der Waals surface area contributed by atoms with Gasteiger partial charge in [0, 0.05) is 6.92 Å². The molecule has 0 spiro atoms. The Morgan fingerprint density at radius 3 is 1.92 bits per heavy atom. The van der Waals surface area contributed by atoms with Gasteiger partial charge in [0.2, 0.25) is 0 Å². The van der Waals surface area contributed by atoms with E-state index >= 15 is 0 Å². The van der Waals surface area contributed by atoms with Crippen LogP contribution in [0.15, 0.2) is 49.2 Å². The van der Waals surface area contributed by atoms with Gasteiger partial charge in [-0.2, -0.15) is 0 Å².